The van der Waals surface area contributed by atoms with Gasteiger partial charge in [-0.1, -0.05) is 23.7 Å². The van der Waals surface area contributed by atoms with Crippen LogP contribution in [0.4, 0.5) is 5.13 Å². The Kier molecular flexibility index (Phi) is 5.93. The molecule has 0 aliphatic heterocycles. The number of rotatable bonds is 6. The number of nitrogens with zero attached hydrogens (tertiary/aromatic N) is 1. The zero-order chi connectivity index (χ0) is 19.4. The lowest BCUT2D eigenvalue weighted by Gasteiger charge is -2.14. The summed E-state index contributed by atoms with van der Waals surface area (Å²) in [4.78, 5) is 28.7. The summed E-state index contributed by atoms with van der Waals surface area (Å²) in [7, 11) is 0. The molecule has 0 spiro atoms. The van der Waals surface area contributed by atoms with Gasteiger partial charge in [-0.2, -0.15) is 0 Å². The summed E-state index contributed by atoms with van der Waals surface area (Å²) in [5.41, 5.74) is 2.02. The predicted molar refractivity (Wildman–Crippen MR) is 105 cm³/mol. The van der Waals surface area contributed by atoms with Crippen molar-refractivity contribution < 1.29 is 14.0 Å². The maximum atomic E-state index is 12.3. The summed E-state index contributed by atoms with van der Waals surface area (Å²) >= 11 is 7.15. The number of amides is 2. The standard InChI is InChI=1S/C19H18ClN3O3S/c1-11(13-3-5-14(20)6-4-13)21-17(24)9-15-10-27-19(22-15)23-18(25)16-7-8-26-12(16)2/h3-8,10-11H,9H2,1-2H3,(H,21,24)(H,22,23,25)/t11-/m0/s1. The number of hydrogen-bond acceptors (Lipinski definition) is 5. The van der Waals surface area contributed by atoms with Gasteiger partial charge in [0.15, 0.2) is 5.13 Å². The van der Waals surface area contributed by atoms with Crippen LogP contribution in [-0.4, -0.2) is 16.8 Å². The highest BCUT2D eigenvalue weighted by atomic mass is 35.5. The second-order valence-electron chi connectivity index (χ2n) is 6.01. The Hall–Kier alpha value is -2.64. The van der Waals surface area contributed by atoms with Crippen LogP contribution in [-0.2, 0) is 11.2 Å². The van der Waals surface area contributed by atoms with Crippen LogP contribution in [0.1, 0.15) is 40.3 Å². The van der Waals surface area contributed by atoms with Crippen molar-refractivity contribution in [2.75, 3.05) is 5.32 Å². The maximum Gasteiger partial charge on any atom is 0.260 e. The van der Waals surface area contributed by atoms with Crippen LogP contribution in [0.5, 0.6) is 0 Å². The molecule has 2 aromatic heterocycles. The number of aryl methyl sites for hydroxylation is 1. The first kappa shape index (κ1) is 19.1. The topological polar surface area (TPSA) is 84.2 Å². The lowest BCUT2D eigenvalue weighted by atomic mass is 10.1. The molecule has 1 aromatic carbocycles. The van der Waals surface area contributed by atoms with Crippen molar-refractivity contribution >= 4 is 39.9 Å². The number of carbonyl (C=O) groups excluding carboxylic acids is 2. The van der Waals surface area contributed by atoms with Gasteiger partial charge in [-0.3, -0.25) is 14.9 Å². The van der Waals surface area contributed by atoms with Crippen molar-refractivity contribution in [2.24, 2.45) is 0 Å². The largest absolute Gasteiger partial charge is 0.469 e. The van der Waals surface area contributed by atoms with Gasteiger partial charge in [-0.05, 0) is 37.6 Å². The molecule has 3 aromatic rings. The zero-order valence-electron chi connectivity index (χ0n) is 14.8. The molecule has 2 N–H and O–H groups in total. The van der Waals surface area contributed by atoms with E-state index in [1.807, 2.05) is 19.1 Å². The molecule has 27 heavy (non-hydrogen) atoms. The number of benzene rings is 1. The number of hydrogen-bond donors (Lipinski definition) is 2. The van der Waals surface area contributed by atoms with Gasteiger partial charge in [0.1, 0.15) is 5.76 Å². The first-order valence-electron chi connectivity index (χ1n) is 8.27. The van der Waals surface area contributed by atoms with Crippen LogP contribution in [0.15, 0.2) is 46.4 Å². The average Bonchev–Trinajstić information content (AvgIpc) is 3.24. The summed E-state index contributed by atoms with van der Waals surface area (Å²) < 4.78 is 5.12. The van der Waals surface area contributed by atoms with E-state index in [2.05, 4.69) is 15.6 Å². The Balaban J connectivity index is 1.55. The van der Waals surface area contributed by atoms with Crippen LogP contribution in [0.3, 0.4) is 0 Å². The third-order valence-electron chi connectivity index (χ3n) is 3.96. The van der Waals surface area contributed by atoms with Crippen molar-refractivity contribution in [3.05, 3.63) is 69.6 Å². The van der Waals surface area contributed by atoms with Gasteiger partial charge in [-0.25, -0.2) is 4.98 Å². The number of carbonyl (C=O) groups is 2. The molecule has 0 aliphatic carbocycles. The smallest absolute Gasteiger partial charge is 0.260 e. The fourth-order valence-corrected chi connectivity index (χ4v) is 3.35. The zero-order valence-corrected chi connectivity index (χ0v) is 16.4. The van der Waals surface area contributed by atoms with E-state index in [1.165, 1.54) is 17.6 Å². The van der Waals surface area contributed by atoms with Gasteiger partial charge in [0.05, 0.1) is 30.0 Å². The molecule has 3 rings (SSSR count). The quantitative estimate of drug-likeness (QED) is 0.640. The van der Waals surface area contributed by atoms with Gasteiger partial charge in [0.2, 0.25) is 5.91 Å². The molecule has 2 amide bonds. The summed E-state index contributed by atoms with van der Waals surface area (Å²) in [6.07, 6.45) is 1.60. The second kappa shape index (κ2) is 8.37. The van der Waals surface area contributed by atoms with Crippen LogP contribution >= 0.6 is 22.9 Å². The molecule has 8 heteroatoms. The van der Waals surface area contributed by atoms with Crippen LogP contribution in [0.2, 0.25) is 5.02 Å². The van der Waals surface area contributed by atoms with E-state index < -0.39 is 0 Å². The highest BCUT2D eigenvalue weighted by Gasteiger charge is 2.15. The number of nitrogens with one attached hydrogen (secondary N) is 2. The van der Waals surface area contributed by atoms with Gasteiger partial charge < -0.3 is 9.73 Å². The molecule has 6 nitrogen and oxygen atoms in total. The Labute approximate surface area is 165 Å². The van der Waals surface area contributed by atoms with Crippen molar-refractivity contribution in [2.45, 2.75) is 26.3 Å². The van der Waals surface area contributed by atoms with E-state index in [1.54, 1.807) is 30.5 Å². The van der Waals surface area contributed by atoms with Crippen molar-refractivity contribution in [1.82, 2.24) is 10.3 Å². The number of anilines is 1. The molecule has 2 heterocycles. The average molecular weight is 404 g/mol. The lowest BCUT2D eigenvalue weighted by Crippen LogP contribution is -2.28. The van der Waals surface area contributed by atoms with E-state index in [0.717, 1.165) is 5.56 Å². The fourth-order valence-electron chi connectivity index (χ4n) is 2.52. The molecule has 140 valence electrons. The Morgan fingerprint density at radius 3 is 2.67 bits per heavy atom. The Morgan fingerprint density at radius 1 is 1.26 bits per heavy atom. The van der Waals surface area contributed by atoms with E-state index >= 15 is 0 Å². The molecule has 0 bridgehead atoms. The van der Waals surface area contributed by atoms with Gasteiger partial charge >= 0.3 is 0 Å². The Bertz CT molecular complexity index is 949. The highest BCUT2D eigenvalue weighted by molar-refractivity contribution is 7.14. The molecule has 0 saturated carbocycles. The first-order chi connectivity index (χ1) is 12.9. The normalized spacial score (nSPS) is 11.8. The highest BCUT2D eigenvalue weighted by Crippen LogP contribution is 2.19. The van der Waals surface area contributed by atoms with Gasteiger partial charge in [-0.15, -0.1) is 11.3 Å². The monoisotopic (exact) mass is 403 g/mol. The molecule has 0 unspecified atom stereocenters. The number of aromatic nitrogens is 1. The number of halogens is 1. The minimum atomic E-state index is -0.289. The molecular formula is C19H18ClN3O3S. The molecule has 1 atom stereocenters. The van der Waals surface area contributed by atoms with Gasteiger partial charge in [0.25, 0.3) is 5.91 Å². The Morgan fingerprint density at radius 2 is 2.00 bits per heavy atom. The van der Waals surface area contributed by atoms with Crippen LogP contribution in [0.25, 0.3) is 0 Å². The van der Waals surface area contributed by atoms with Gasteiger partial charge in [0, 0.05) is 10.4 Å². The molecule has 0 saturated heterocycles. The summed E-state index contributed by atoms with van der Waals surface area (Å²) in [6.45, 7) is 3.62. The third kappa shape index (κ3) is 4.96. The SMILES string of the molecule is Cc1occc1C(=O)Nc1nc(CC(=O)N[C@@H](C)c2ccc(Cl)cc2)cs1. The first-order valence-corrected chi connectivity index (χ1v) is 9.53. The van der Waals surface area contributed by atoms with E-state index in [-0.39, 0.29) is 24.3 Å². The molecular weight excluding hydrogens is 386 g/mol. The molecule has 0 aliphatic rings. The second-order valence-corrected chi connectivity index (χ2v) is 7.30. The van der Waals surface area contributed by atoms with Crippen molar-refractivity contribution in [3.8, 4) is 0 Å². The summed E-state index contributed by atoms with van der Waals surface area (Å²) in [5.74, 6) is 0.106. The van der Waals surface area contributed by atoms with Crippen LogP contribution < -0.4 is 10.6 Å². The lowest BCUT2D eigenvalue weighted by molar-refractivity contribution is -0.121. The minimum absolute atomic E-state index is 0.134. The third-order valence-corrected chi connectivity index (χ3v) is 5.02. The van der Waals surface area contributed by atoms with E-state index in [4.69, 9.17) is 16.0 Å². The molecule has 0 radical (unpaired) electrons. The molecule has 0 fully saturated rings. The van der Waals surface area contributed by atoms with Crippen LogP contribution in [0, 0.1) is 6.92 Å². The van der Waals surface area contributed by atoms with E-state index in [0.29, 0.717) is 27.2 Å². The predicted octanol–water partition coefficient (Wildman–Crippen LogP) is 4.37. The maximum absolute atomic E-state index is 12.3. The summed E-state index contributed by atoms with van der Waals surface area (Å²) in [5, 5.41) is 8.49. The minimum Gasteiger partial charge on any atom is -0.469 e. The summed E-state index contributed by atoms with van der Waals surface area (Å²) in [6, 6.07) is 8.79. The number of thiazole rings is 1. The van der Waals surface area contributed by atoms with Crippen molar-refractivity contribution in [1.29, 1.82) is 0 Å². The van der Waals surface area contributed by atoms with Crippen molar-refractivity contribution in [3.63, 3.8) is 0 Å². The van der Waals surface area contributed by atoms with E-state index in [9.17, 15) is 9.59 Å². The fraction of sp³-hybridized carbons (Fsp3) is 0.211. The number of furan rings is 1.